The maximum Gasteiger partial charge on any atom is 0.131 e. The van der Waals surface area contributed by atoms with Gasteiger partial charge in [0.1, 0.15) is 16.7 Å². The number of rotatable bonds is 6. The highest BCUT2D eigenvalue weighted by Gasteiger charge is 1.95. The van der Waals surface area contributed by atoms with Crippen LogP contribution in [0.25, 0.3) is 0 Å². The number of para-hydroxylation sites is 1. The second-order valence-electron chi connectivity index (χ2n) is 3.79. The summed E-state index contributed by atoms with van der Waals surface area (Å²) in [5, 5.41) is 3.70. The van der Waals surface area contributed by atoms with Crippen molar-refractivity contribution in [1.82, 2.24) is 4.98 Å². The molecule has 3 nitrogen and oxygen atoms in total. The van der Waals surface area contributed by atoms with Crippen molar-refractivity contribution in [2.75, 3.05) is 18.5 Å². The Bertz CT molecular complexity index is 476. The topological polar surface area (TPSA) is 34.1 Å². The lowest BCUT2D eigenvalue weighted by atomic mass is 10.3. The molecule has 0 aliphatic heterocycles. The van der Waals surface area contributed by atoms with Gasteiger partial charge in [0.15, 0.2) is 0 Å². The molecule has 18 heavy (non-hydrogen) atoms. The minimum atomic E-state index is 0.500. The second-order valence-corrected chi connectivity index (χ2v) is 4.17. The minimum absolute atomic E-state index is 0.500. The van der Waals surface area contributed by atoms with Crippen LogP contribution < -0.4 is 10.1 Å². The number of benzene rings is 1. The molecule has 1 aromatic heterocycles. The van der Waals surface area contributed by atoms with Crippen LogP contribution in [0.5, 0.6) is 5.75 Å². The summed E-state index contributed by atoms with van der Waals surface area (Å²) < 4.78 is 5.58. The summed E-state index contributed by atoms with van der Waals surface area (Å²) >= 11 is 5.79. The van der Waals surface area contributed by atoms with Gasteiger partial charge in [-0.1, -0.05) is 35.9 Å². The van der Waals surface area contributed by atoms with Crippen molar-refractivity contribution < 1.29 is 4.74 Å². The first-order valence-corrected chi connectivity index (χ1v) is 6.27. The van der Waals surface area contributed by atoms with E-state index in [2.05, 4.69) is 10.3 Å². The molecule has 1 aromatic carbocycles. The van der Waals surface area contributed by atoms with Gasteiger partial charge in [-0.15, -0.1) is 0 Å². The molecule has 0 saturated carbocycles. The largest absolute Gasteiger partial charge is 0.494 e. The highest BCUT2D eigenvalue weighted by molar-refractivity contribution is 6.29. The summed E-state index contributed by atoms with van der Waals surface area (Å²) in [7, 11) is 0. The normalized spacial score (nSPS) is 10.1. The van der Waals surface area contributed by atoms with Gasteiger partial charge in [0.2, 0.25) is 0 Å². The van der Waals surface area contributed by atoms with Crippen LogP contribution in [0.1, 0.15) is 6.42 Å². The van der Waals surface area contributed by atoms with Crippen molar-refractivity contribution in [2.24, 2.45) is 0 Å². The van der Waals surface area contributed by atoms with Gasteiger partial charge in [-0.25, -0.2) is 4.98 Å². The summed E-state index contributed by atoms with van der Waals surface area (Å²) in [6.07, 6.45) is 0.906. The van der Waals surface area contributed by atoms with Crippen molar-refractivity contribution in [1.29, 1.82) is 0 Å². The first kappa shape index (κ1) is 12.7. The van der Waals surface area contributed by atoms with Crippen LogP contribution in [0, 0.1) is 0 Å². The van der Waals surface area contributed by atoms with Crippen LogP contribution >= 0.6 is 11.6 Å². The zero-order valence-electron chi connectivity index (χ0n) is 9.97. The van der Waals surface area contributed by atoms with E-state index in [0.29, 0.717) is 11.8 Å². The molecule has 0 aliphatic carbocycles. The van der Waals surface area contributed by atoms with E-state index >= 15 is 0 Å². The lowest BCUT2D eigenvalue weighted by Gasteiger charge is -2.07. The van der Waals surface area contributed by atoms with E-state index in [1.54, 1.807) is 6.07 Å². The molecule has 2 rings (SSSR count). The number of hydrogen-bond donors (Lipinski definition) is 1. The third kappa shape index (κ3) is 4.26. The molecule has 0 fully saturated rings. The summed E-state index contributed by atoms with van der Waals surface area (Å²) in [5.74, 6) is 1.69. The molecule has 94 valence electrons. The summed E-state index contributed by atoms with van der Waals surface area (Å²) in [6, 6.07) is 15.3. The molecule has 0 atom stereocenters. The van der Waals surface area contributed by atoms with Gasteiger partial charge in [0.25, 0.3) is 0 Å². The highest BCUT2D eigenvalue weighted by atomic mass is 35.5. The van der Waals surface area contributed by atoms with Gasteiger partial charge in [-0.2, -0.15) is 0 Å². The van der Waals surface area contributed by atoms with Gasteiger partial charge < -0.3 is 10.1 Å². The van der Waals surface area contributed by atoms with Crippen LogP contribution in [0.15, 0.2) is 48.5 Å². The Hall–Kier alpha value is -1.74. The number of hydrogen-bond acceptors (Lipinski definition) is 3. The fourth-order valence-corrected chi connectivity index (χ4v) is 1.67. The van der Waals surface area contributed by atoms with Crippen LogP contribution in [0.2, 0.25) is 5.15 Å². The molecule has 1 N–H and O–H groups in total. The minimum Gasteiger partial charge on any atom is -0.494 e. The fraction of sp³-hybridized carbons (Fsp3) is 0.214. The van der Waals surface area contributed by atoms with Gasteiger partial charge in [-0.3, -0.25) is 0 Å². The van der Waals surface area contributed by atoms with E-state index in [1.807, 2.05) is 42.5 Å². The smallest absolute Gasteiger partial charge is 0.131 e. The Morgan fingerprint density at radius 2 is 1.89 bits per heavy atom. The number of nitrogens with one attached hydrogen (secondary N) is 1. The first-order chi connectivity index (χ1) is 8.84. The van der Waals surface area contributed by atoms with Crippen molar-refractivity contribution in [3.8, 4) is 5.75 Å². The summed E-state index contributed by atoms with van der Waals surface area (Å²) in [4.78, 5) is 4.14. The van der Waals surface area contributed by atoms with E-state index in [-0.39, 0.29) is 0 Å². The molecule has 1 heterocycles. The predicted molar refractivity (Wildman–Crippen MR) is 74.3 cm³/mol. The molecule has 0 radical (unpaired) electrons. The van der Waals surface area contributed by atoms with Crippen LogP contribution in [-0.4, -0.2) is 18.1 Å². The predicted octanol–water partition coefficient (Wildman–Crippen LogP) is 3.62. The molecular weight excluding hydrogens is 248 g/mol. The number of anilines is 1. The van der Waals surface area contributed by atoms with E-state index in [9.17, 15) is 0 Å². The Morgan fingerprint density at radius 3 is 2.67 bits per heavy atom. The van der Waals surface area contributed by atoms with E-state index < -0.39 is 0 Å². The Morgan fingerprint density at radius 1 is 1.06 bits per heavy atom. The Balaban J connectivity index is 1.65. The van der Waals surface area contributed by atoms with Crippen LogP contribution in [0.4, 0.5) is 5.82 Å². The lowest BCUT2D eigenvalue weighted by Crippen LogP contribution is -2.08. The Labute approximate surface area is 112 Å². The van der Waals surface area contributed by atoms with Crippen molar-refractivity contribution >= 4 is 17.4 Å². The van der Waals surface area contributed by atoms with Crippen LogP contribution in [0.3, 0.4) is 0 Å². The number of ether oxygens (including phenoxy) is 1. The van der Waals surface area contributed by atoms with E-state index in [1.165, 1.54) is 0 Å². The number of pyridine rings is 1. The van der Waals surface area contributed by atoms with E-state index in [4.69, 9.17) is 16.3 Å². The quantitative estimate of drug-likeness (QED) is 0.638. The Kier molecular flexibility index (Phi) is 4.85. The maximum atomic E-state index is 5.79. The zero-order valence-corrected chi connectivity index (χ0v) is 10.7. The third-order valence-electron chi connectivity index (χ3n) is 2.35. The molecule has 0 saturated heterocycles. The molecule has 0 bridgehead atoms. The fourth-order valence-electron chi connectivity index (χ4n) is 1.50. The van der Waals surface area contributed by atoms with Gasteiger partial charge in [-0.05, 0) is 30.7 Å². The standard InChI is InChI=1S/C14H15ClN2O/c15-13-8-4-9-14(17-13)16-10-5-11-18-12-6-2-1-3-7-12/h1-4,6-9H,5,10-11H2,(H,16,17). The highest BCUT2D eigenvalue weighted by Crippen LogP contribution is 2.10. The summed E-state index contributed by atoms with van der Waals surface area (Å²) in [6.45, 7) is 1.48. The van der Waals surface area contributed by atoms with Gasteiger partial charge in [0.05, 0.1) is 6.61 Å². The SMILES string of the molecule is Clc1cccc(NCCCOc2ccccc2)n1. The number of halogens is 1. The van der Waals surface area contributed by atoms with Crippen molar-refractivity contribution in [3.05, 3.63) is 53.7 Å². The molecule has 2 aromatic rings. The molecule has 0 unspecified atom stereocenters. The van der Waals surface area contributed by atoms with Gasteiger partial charge >= 0.3 is 0 Å². The first-order valence-electron chi connectivity index (χ1n) is 5.89. The monoisotopic (exact) mass is 262 g/mol. The van der Waals surface area contributed by atoms with Gasteiger partial charge in [0, 0.05) is 6.54 Å². The molecule has 0 spiro atoms. The average Bonchev–Trinajstić information content (AvgIpc) is 2.40. The van der Waals surface area contributed by atoms with Crippen molar-refractivity contribution in [2.45, 2.75) is 6.42 Å². The molecule has 0 aliphatic rings. The third-order valence-corrected chi connectivity index (χ3v) is 2.56. The molecule has 0 amide bonds. The number of nitrogens with zero attached hydrogens (tertiary/aromatic N) is 1. The molecule has 4 heteroatoms. The number of aromatic nitrogens is 1. The van der Waals surface area contributed by atoms with E-state index in [0.717, 1.165) is 24.5 Å². The summed E-state index contributed by atoms with van der Waals surface area (Å²) in [5.41, 5.74) is 0. The van der Waals surface area contributed by atoms with Crippen molar-refractivity contribution in [3.63, 3.8) is 0 Å². The average molecular weight is 263 g/mol. The molecular formula is C14H15ClN2O. The maximum absolute atomic E-state index is 5.79. The zero-order chi connectivity index (χ0) is 12.6. The van der Waals surface area contributed by atoms with Crippen LogP contribution in [-0.2, 0) is 0 Å². The lowest BCUT2D eigenvalue weighted by molar-refractivity contribution is 0.315. The second kappa shape index (κ2) is 6.87.